The highest BCUT2D eigenvalue weighted by Gasteiger charge is 2.29. The Hall–Kier alpha value is -1.93. The molecular formula is C18H19BrN2O4S. The molecular weight excluding hydrogens is 420 g/mol. The van der Waals surface area contributed by atoms with Crippen LogP contribution in [-0.4, -0.2) is 49.2 Å². The fourth-order valence-corrected chi connectivity index (χ4v) is 4.39. The van der Waals surface area contributed by atoms with Gasteiger partial charge in [0.25, 0.3) is 0 Å². The molecule has 1 aliphatic rings. The molecule has 0 bridgehead atoms. The third kappa shape index (κ3) is 4.62. The molecule has 1 atom stereocenters. The SMILES string of the molecule is O=C(CCS(=O)(=O)c1ccccc1)N1CCC(Oc2ncccc2Br)C1. The van der Waals surface area contributed by atoms with E-state index in [4.69, 9.17) is 4.74 Å². The molecule has 8 heteroatoms. The van der Waals surface area contributed by atoms with Gasteiger partial charge in [-0.2, -0.15) is 0 Å². The molecule has 2 aromatic rings. The number of rotatable bonds is 6. The number of hydrogen-bond acceptors (Lipinski definition) is 5. The molecule has 1 aromatic carbocycles. The Morgan fingerprint density at radius 2 is 2.00 bits per heavy atom. The monoisotopic (exact) mass is 438 g/mol. The van der Waals surface area contributed by atoms with E-state index in [2.05, 4.69) is 20.9 Å². The van der Waals surface area contributed by atoms with Crippen LogP contribution in [0.4, 0.5) is 0 Å². The molecule has 0 N–H and O–H groups in total. The Bertz CT molecular complexity index is 874. The summed E-state index contributed by atoms with van der Waals surface area (Å²) in [4.78, 5) is 18.4. The van der Waals surface area contributed by atoms with Crippen molar-refractivity contribution in [1.82, 2.24) is 9.88 Å². The van der Waals surface area contributed by atoms with Gasteiger partial charge in [0.1, 0.15) is 6.10 Å². The zero-order valence-electron chi connectivity index (χ0n) is 14.0. The fraction of sp³-hybridized carbons (Fsp3) is 0.333. The van der Waals surface area contributed by atoms with Gasteiger partial charge < -0.3 is 9.64 Å². The van der Waals surface area contributed by atoms with Crippen molar-refractivity contribution in [3.05, 3.63) is 53.1 Å². The van der Waals surface area contributed by atoms with Crippen molar-refractivity contribution in [3.63, 3.8) is 0 Å². The van der Waals surface area contributed by atoms with Gasteiger partial charge in [0.15, 0.2) is 9.84 Å². The lowest BCUT2D eigenvalue weighted by Gasteiger charge is -2.17. The molecule has 1 saturated heterocycles. The number of likely N-dealkylation sites (tertiary alicyclic amines) is 1. The van der Waals surface area contributed by atoms with E-state index in [9.17, 15) is 13.2 Å². The highest BCUT2D eigenvalue weighted by molar-refractivity contribution is 9.10. The van der Waals surface area contributed by atoms with Crippen molar-refractivity contribution in [3.8, 4) is 5.88 Å². The smallest absolute Gasteiger partial charge is 0.228 e. The first kappa shape index (κ1) is 18.8. The quantitative estimate of drug-likeness (QED) is 0.692. The van der Waals surface area contributed by atoms with Crippen molar-refractivity contribution < 1.29 is 17.9 Å². The summed E-state index contributed by atoms with van der Waals surface area (Å²) in [5, 5.41) is 0. The maximum absolute atomic E-state index is 12.4. The molecule has 0 saturated carbocycles. The second-order valence-electron chi connectivity index (χ2n) is 6.04. The molecule has 2 heterocycles. The summed E-state index contributed by atoms with van der Waals surface area (Å²) < 4.78 is 31.2. The fourth-order valence-electron chi connectivity index (χ4n) is 2.79. The molecule has 0 radical (unpaired) electrons. The van der Waals surface area contributed by atoms with Crippen LogP contribution in [0.2, 0.25) is 0 Å². The maximum atomic E-state index is 12.4. The van der Waals surface area contributed by atoms with Crippen molar-refractivity contribution in [1.29, 1.82) is 0 Å². The molecule has 1 unspecified atom stereocenters. The minimum Gasteiger partial charge on any atom is -0.472 e. The Balaban J connectivity index is 1.53. The summed E-state index contributed by atoms with van der Waals surface area (Å²) in [5.41, 5.74) is 0. The van der Waals surface area contributed by atoms with Gasteiger partial charge in [-0.25, -0.2) is 13.4 Å². The molecule has 1 amide bonds. The average molecular weight is 439 g/mol. The molecule has 3 rings (SSSR count). The van der Waals surface area contributed by atoms with Gasteiger partial charge in [0.05, 0.1) is 21.7 Å². The number of carbonyl (C=O) groups is 1. The minimum atomic E-state index is -3.45. The van der Waals surface area contributed by atoms with Crippen LogP contribution < -0.4 is 4.74 Å². The topological polar surface area (TPSA) is 76.6 Å². The van der Waals surface area contributed by atoms with E-state index in [0.29, 0.717) is 25.4 Å². The lowest BCUT2D eigenvalue weighted by Crippen LogP contribution is -2.32. The Labute approximate surface area is 161 Å². The van der Waals surface area contributed by atoms with Crippen LogP contribution in [-0.2, 0) is 14.6 Å². The van der Waals surface area contributed by atoms with E-state index in [-0.39, 0.29) is 29.1 Å². The molecule has 1 aliphatic heterocycles. The first-order valence-electron chi connectivity index (χ1n) is 8.28. The predicted octanol–water partition coefficient (Wildman–Crippen LogP) is 2.69. The Morgan fingerprint density at radius 1 is 1.23 bits per heavy atom. The third-order valence-electron chi connectivity index (χ3n) is 4.19. The number of nitrogens with zero attached hydrogens (tertiary/aromatic N) is 2. The van der Waals surface area contributed by atoms with Crippen molar-refractivity contribution in [2.45, 2.75) is 23.8 Å². The summed E-state index contributed by atoms with van der Waals surface area (Å²) in [5.74, 6) is 0.137. The number of ether oxygens (including phenoxy) is 1. The van der Waals surface area contributed by atoms with Crippen molar-refractivity contribution in [2.24, 2.45) is 0 Å². The van der Waals surface area contributed by atoms with E-state index < -0.39 is 9.84 Å². The van der Waals surface area contributed by atoms with Crippen LogP contribution in [0.3, 0.4) is 0 Å². The van der Waals surface area contributed by atoms with Gasteiger partial charge in [-0.1, -0.05) is 18.2 Å². The molecule has 0 aliphatic carbocycles. The van der Waals surface area contributed by atoms with E-state index in [0.717, 1.165) is 4.47 Å². The van der Waals surface area contributed by atoms with Gasteiger partial charge in [0, 0.05) is 25.6 Å². The number of aromatic nitrogens is 1. The zero-order chi connectivity index (χ0) is 18.6. The van der Waals surface area contributed by atoms with Gasteiger partial charge in [0.2, 0.25) is 11.8 Å². The van der Waals surface area contributed by atoms with E-state index in [1.807, 2.05) is 6.07 Å². The van der Waals surface area contributed by atoms with Gasteiger partial charge in [-0.3, -0.25) is 4.79 Å². The van der Waals surface area contributed by atoms with Gasteiger partial charge >= 0.3 is 0 Å². The van der Waals surface area contributed by atoms with Crippen LogP contribution in [0.5, 0.6) is 5.88 Å². The number of pyridine rings is 1. The molecule has 1 aromatic heterocycles. The predicted molar refractivity (Wildman–Crippen MR) is 101 cm³/mol. The number of hydrogen-bond donors (Lipinski definition) is 0. The summed E-state index contributed by atoms with van der Waals surface area (Å²) in [7, 11) is -3.45. The third-order valence-corrected chi connectivity index (χ3v) is 6.52. The summed E-state index contributed by atoms with van der Waals surface area (Å²) in [6.45, 7) is 0.993. The zero-order valence-corrected chi connectivity index (χ0v) is 16.4. The van der Waals surface area contributed by atoms with Crippen LogP contribution in [0.15, 0.2) is 58.0 Å². The number of halogens is 1. The number of benzene rings is 1. The summed E-state index contributed by atoms with van der Waals surface area (Å²) in [6.07, 6.45) is 2.17. The molecule has 0 spiro atoms. The van der Waals surface area contributed by atoms with E-state index in [1.54, 1.807) is 47.5 Å². The Morgan fingerprint density at radius 3 is 2.73 bits per heavy atom. The van der Waals surface area contributed by atoms with Crippen LogP contribution >= 0.6 is 15.9 Å². The lowest BCUT2D eigenvalue weighted by molar-refractivity contribution is -0.130. The lowest BCUT2D eigenvalue weighted by atomic mass is 10.3. The van der Waals surface area contributed by atoms with Gasteiger partial charge in [-0.15, -0.1) is 0 Å². The molecule has 6 nitrogen and oxygen atoms in total. The van der Waals surface area contributed by atoms with Gasteiger partial charge in [-0.05, 0) is 40.2 Å². The van der Waals surface area contributed by atoms with Crippen LogP contribution in [0.25, 0.3) is 0 Å². The number of amides is 1. The highest BCUT2D eigenvalue weighted by atomic mass is 79.9. The molecule has 138 valence electrons. The molecule has 1 fully saturated rings. The van der Waals surface area contributed by atoms with Crippen LogP contribution in [0, 0.1) is 0 Å². The normalized spacial score (nSPS) is 17.3. The summed E-state index contributed by atoms with van der Waals surface area (Å²) >= 11 is 3.38. The minimum absolute atomic E-state index is 0.0305. The number of carbonyl (C=O) groups excluding carboxylic acids is 1. The standard InChI is InChI=1S/C18H19BrN2O4S/c19-16-7-4-10-20-18(16)25-14-8-11-21(13-14)17(22)9-12-26(23,24)15-5-2-1-3-6-15/h1-7,10,14H,8-9,11-13H2. The first-order chi connectivity index (χ1) is 12.5. The first-order valence-corrected chi connectivity index (χ1v) is 10.7. The van der Waals surface area contributed by atoms with Crippen molar-refractivity contribution >= 4 is 31.7 Å². The van der Waals surface area contributed by atoms with E-state index in [1.165, 1.54) is 0 Å². The second-order valence-corrected chi connectivity index (χ2v) is 9.00. The summed E-state index contributed by atoms with van der Waals surface area (Å²) in [6, 6.07) is 11.8. The second kappa shape index (κ2) is 8.18. The highest BCUT2D eigenvalue weighted by Crippen LogP contribution is 2.24. The van der Waals surface area contributed by atoms with Crippen molar-refractivity contribution in [2.75, 3.05) is 18.8 Å². The number of sulfone groups is 1. The molecule has 26 heavy (non-hydrogen) atoms. The van der Waals surface area contributed by atoms with Crippen LogP contribution in [0.1, 0.15) is 12.8 Å². The van der Waals surface area contributed by atoms with E-state index >= 15 is 0 Å². The average Bonchev–Trinajstić information content (AvgIpc) is 3.11. The largest absolute Gasteiger partial charge is 0.472 e. The maximum Gasteiger partial charge on any atom is 0.228 e. The Kier molecular flexibility index (Phi) is 5.93.